The number of aromatic amines is 1. The minimum absolute atomic E-state index is 0.0843. The number of ether oxygens (including phenoxy) is 1. The molecule has 1 fully saturated rings. The quantitative estimate of drug-likeness (QED) is 0.921. The van der Waals surface area contributed by atoms with Crippen LogP contribution < -0.4 is 10.3 Å². The molecule has 0 amide bonds. The van der Waals surface area contributed by atoms with Crippen molar-refractivity contribution < 1.29 is 13.5 Å². The first-order chi connectivity index (χ1) is 10.6. The van der Waals surface area contributed by atoms with Crippen molar-refractivity contribution >= 4 is 12.2 Å². The molecule has 3 rings (SSSR count). The maximum absolute atomic E-state index is 12.4. The molecule has 0 unspecified atom stereocenters. The second kappa shape index (κ2) is 6.09. The van der Waals surface area contributed by atoms with Crippen molar-refractivity contribution in [1.29, 1.82) is 0 Å². The van der Waals surface area contributed by atoms with E-state index in [0.717, 1.165) is 12.8 Å². The number of H-pyrrole nitrogens is 1. The Morgan fingerprint density at radius 1 is 1.27 bits per heavy atom. The molecule has 1 saturated carbocycles. The Morgan fingerprint density at radius 3 is 2.77 bits per heavy atom. The van der Waals surface area contributed by atoms with Crippen LogP contribution in [0.5, 0.6) is 5.75 Å². The van der Waals surface area contributed by atoms with Crippen molar-refractivity contribution in [3.8, 4) is 5.75 Å². The van der Waals surface area contributed by atoms with E-state index in [4.69, 9.17) is 0 Å². The second-order valence-corrected chi connectivity index (χ2v) is 5.08. The fourth-order valence-corrected chi connectivity index (χ4v) is 2.13. The van der Waals surface area contributed by atoms with Gasteiger partial charge in [0.1, 0.15) is 11.6 Å². The fraction of sp³-hybridized carbons (Fsp3) is 0.250. The van der Waals surface area contributed by atoms with Crippen LogP contribution in [0.4, 0.5) is 8.78 Å². The molecule has 0 radical (unpaired) electrons. The van der Waals surface area contributed by atoms with Crippen LogP contribution >= 0.6 is 0 Å². The lowest BCUT2D eigenvalue weighted by molar-refractivity contribution is -0.0499. The maximum Gasteiger partial charge on any atom is 0.387 e. The summed E-state index contributed by atoms with van der Waals surface area (Å²) in [7, 11) is 0. The lowest BCUT2D eigenvalue weighted by Gasteiger charge is -2.07. The van der Waals surface area contributed by atoms with Crippen molar-refractivity contribution in [2.45, 2.75) is 25.4 Å². The van der Waals surface area contributed by atoms with Gasteiger partial charge in [-0.15, -0.1) is 0 Å². The third-order valence-electron chi connectivity index (χ3n) is 3.31. The summed E-state index contributed by atoms with van der Waals surface area (Å²) in [6, 6.07) is 7.83. The van der Waals surface area contributed by atoms with E-state index < -0.39 is 6.61 Å². The molecule has 0 bridgehead atoms. The van der Waals surface area contributed by atoms with Gasteiger partial charge in [0.05, 0.1) is 5.69 Å². The summed E-state index contributed by atoms with van der Waals surface area (Å²) in [6.07, 6.45) is 5.29. The molecule has 6 heteroatoms. The predicted molar refractivity (Wildman–Crippen MR) is 78.8 cm³/mol. The van der Waals surface area contributed by atoms with Crippen LogP contribution in [-0.4, -0.2) is 16.6 Å². The third-order valence-corrected chi connectivity index (χ3v) is 3.31. The first-order valence-corrected chi connectivity index (χ1v) is 6.95. The van der Waals surface area contributed by atoms with Crippen LogP contribution in [0.25, 0.3) is 12.2 Å². The maximum atomic E-state index is 12.4. The molecule has 114 valence electrons. The molecule has 2 aromatic rings. The van der Waals surface area contributed by atoms with E-state index in [0.29, 0.717) is 23.0 Å². The minimum atomic E-state index is -2.88. The minimum Gasteiger partial charge on any atom is -0.434 e. The van der Waals surface area contributed by atoms with E-state index in [9.17, 15) is 13.6 Å². The van der Waals surface area contributed by atoms with Gasteiger partial charge in [0.15, 0.2) is 0 Å². The van der Waals surface area contributed by atoms with Crippen molar-refractivity contribution in [2.75, 3.05) is 0 Å². The van der Waals surface area contributed by atoms with Gasteiger partial charge >= 0.3 is 6.61 Å². The zero-order valence-electron chi connectivity index (χ0n) is 11.6. The summed E-state index contributed by atoms with van der Waals surface area (Å²) in [5.41, 5.74) is 0.781. The van der Waals surface area contributed by atoms with E-state index in [1.807, 2.05) is 0 Å². The number of para-hydroxylation sites is 1. The highest BCUT2D eigenvalue weighted by Gasteiger charge is 2.26. The second-order valence-electron chi connectivity index (χ2n) is 5.08. The Kier molecular flexibility index (Phi) is 4.00. The van der Waals surface area contributed by atoms with E-state index in [-0.39, 0.29) is 11.3 Å². The molecule has 0 saturated heterocycles. The monoisotopic (exact) mass is 304 g/mol. The normalized spacial score (nSPS) is 14.7. The Balaban J connectivity index is 1.86. The van der Waals surface area contributed by atoms with E-state index in [2.05, 4.69) is 14.7 Å². The predicted octanol–water partition coefficient (Wildman–Crippen LogP) is 3.42. The summed E-state index contributed by atoms with van der Waals surface area (Å²) in [5, 5.41) is 0. The number of benzene rings is 1. The topological polar surface area (TPSA) is 55.0 Å². The number of hydrogen-bond acceptors (Lipinski definition) is 3. The number of rotatable bonds is 5. The molecule has 1 aliphatic rings. The van der Waals surface area contributed by atoms with Gasteiger partial charge in [-0.1, -0.05) is 18.2 Å². The van der Waals surface area contributed by atoms with E-state index in [1.165, 1.54) is 12.1 Å². The van der Waals surface area contributed by atoms with Crippen LogP contribution in [0.2, 0.25) is 0 Å². The van der Waals surface area contributed by atoms with Gasteiger partial charge in [-0.25, -0.2) is 4.98 Å². The molecule has 1 aromatic carbocycles. The highest BCUT2D eigenvalue weighted by molar-refractivity contribution is 5.71. The lowest BCUT2D eigenvalue weighted by Crippen LogP contribution is -2.10. The van der Waals surface area contributed by atoms with Crippen LogP contribution in [0.1, 0.15) is 35.8 Å². The molecule has 1 N–H and O–H groups in total. The third kappa shape index (κ3) is 3.58. The smallest absolute Gasteiger partial charge is 0.387 e. The molecule has 1 aromatic heterocycles. The summed E-state index contributed by atoms with van der Waals surface area (Å²) in [6.45, 7) is -2.88. The van der Waals surface area contributed by atoms with E-state index >= 15 is 0 Å². The zero-order valence-corrected chi connectivity index (χ0v) is 11.6. The molecule has 4 nitrogen and oxygen atoms in total. The Labute approximate surface area is 125 Å². The molecular formula is C16H14F2N2O2. The number of halogens is 2. The largest absolute Gasteiger partial charge is 0.434 e. The molecule has 1 heterocycles. The molecule has 0 spiro atoms. The Morgan fingerprint density at radius 2 is 2.05 bits per heavy atom. The van der Waals surface area contributed by atoms with Gasteiger partial charge in [0.2, 0.25) is 0 Å². The fourth-order valence-electron chi connectivity index (χ4n) is 2.13. The molecular weight excluding hydrogens is 290 g/mol. The first-order valence-electron chi connectivity index (χ1n) is 6.95. The summed E-state index contributed by atoms with van der Waals surface area (Å²) in [5.74, 6) is 1.10. The number of nitrogens with one attached hydrogen (secondary N) is 1. The Bertz CT molecular complexity index is 752. The SMILES string of the molecule is O=c1cc(C=Cc2ccccc2OC(F)F)nc(C2CC2)[nH]1. The van der Waals surface area contributed by atoms with Crippen LogP contribution in [0.3, 0.4) is 0 Å². The van der Waals surface area contributed by atoms with Crippen molar-refractivity contribution in [2.24, 2.45) is 0 Å². The van der Waals surface area contributed by atoms with Gasteiger partial charge in [-0.05, 0) is 31.1 Å². The average Bonchev–Trinajstić information content (AvgIpc) is 3.30. The van der Waals surface area contributed by atoms with Gasteiger partial charge in [0, 0.05) is 17.5 Å². The van der Waals surface area contributed by atoms with Crippen LogP contribution in [0, 0.1) is 0 Å². The van der Waals surface area contributed by atoms with E-state index in [1.54, 1.807) is 30.4 Å². The highest BCUT2D eigenvalue weighted by atomic mass is 19.3. The van der Waals surface area contributed by atoms with Crippen LogP contribution in [0.15, 0.2) is 35.1 Å². The van der Waals surface area contributed by atoms with Gasteiger partial charge in [-0.2, -0.15) is 8.78 Å². The van der Waals surface area contributed by atoms with Gasteiger partial charge < -0.3 is 9.72 Å². The lowest BCUT2D eigenvalue weighted by atomic mass is 10.1. The summed E-state index contributed by atoms with van der Waals surface area (Å²) in [4.78, 5) is 18.7. The first kappa shape index (κ1) is 14.4. The molecule has 0 atom stereocenters. The average molecular weight is 304 g/mol. The molecule has 1 aliphatic carbocycles. The number of hydrogen-bond donors (Lipinski definition) is 1. The van der Waals surface area contributed by atoms with Gasteiger partial charge in [-0.3, -0.25) is 4.79 Å². The zero-order chi connectivity index (χ0) is 15.5. The molecule has 0 aliphatic heterocycles. The molecule has 22 heavy (non-hydrogen) atoms. The number of alkyl halides is 2. The standard InChI is InChI=1S/C16H14F2N2O2/c17-16(18)22-13-4-2-1-3-10(13)7-8-12-9-14(21)20-15(19-12)11-5-6-11/h1-4,7-9,11,16H,5-6H2,(H,19,20,21). The summed E-state index contributed by atoms with van der Waals surface area (Å²) >= 11 is 0. The Hall–Kier alpha value is -2.50. The summed E-state index contributed by atoms with van der Waals surface area (Å²) < 4.78 is 29.2. The van der Waals surface area contributed by atoms with Crippen molar-refractivity contribution in [3.05, 3.63) is 57.8 Å². The van der Waals surface area contributed by atoms with Crippen LogP contribution in [-0.2, 0) is 0 Å². The van der Waals surface area contributed by atoms with Gasteiger partial charge in [0.25, 0.3) is 5.56 Å². The highest BCUT2D eigenvalue weighted by Crippen LogP contribution is 2.37. The number of nitrogens with zero attached hydrogens (tertiary/aromatic N) is 1. The van der Waals surface area contributed by atoms with Crippen molar-refractivity contribution in [3.63, 3.8) is 0 Å². The number of aromatic nitrogens is 2. The van der Waals surface area contributed by atoms with Crippen molar-refractivity contribution in [1.82, 2.24) is 9.97 Å².